The molecule has 0 bridgehead atoms. The van der Waals surface area contributed by atoms with Crippen molar-refractivity contribution in [3.63, 3.8) is 0 Å². The number of pyridine rings is 2. The van der Waals surface area contributed by atoms with Crippen LogP contribution in [0, 0.1) is 0 Å². The molecule has 0 aliphatic carbocycles. The molecule has 0 saturated heterocycles. The summed E-state index contributed by atoms with van der Waals surface area (Å²) in [5.41, 5.74) is 8.91. The van der Waals surface area contributed by atoms with Gasteiger partial charge in [0.2, 0.25) is 0 Å². The second kappa shape index (κ2) is 8.19. The molecule has 31 heavy (non-hydrogen) atoms. The van der Waals surface area contributed by atoms with Gasteiger partial charge >= 0.3 is 6.03 Å². The monoisotopic (exact) mass is 416 g/mol. The summed E-state index contributed by atoms with van der Waals surface area (Å²) in [5.74, 6) is 0.0312. The number of urea groups is 1. The lowest BCUT2D eigenvalue weighted by molar-refractivity contribution is 0.104. The number of rotatable bonds is 5. The number of nitrogens with one attached hydrogen (secondary N) is 2. The summed E-state index contributed by atoms with van der Waals surface area (Å²) in [6.45, 7) is 4.00. The Bertz CT molecular complexity index is 1270. The van der Waals surface area contributed by atoms with Gasteiger partial charge in [0.15, 0.2) is 11.6 Å². The maximum absolute atomic E-state index is 13.3. The zero-order chi connectivity index (χ0) is 22.0. The SMILES string of the molecule is CC(C)c1cc(C(=O)c2cncc(NC(=O)Nc3cccnc3)c2)c2c(N)ncnn12. The number of hydrogen-bond donors (Lipinski definition) is 3. The molecular weight excluding hydrogens is 396 g/mol. The normalized spacial score (nSPS) is 10.9. The van der Waals surface area contributed by atoms with E-state index in [9.17, 15) is 9.59 Å². The molecule has 4 N–H and O–H groups in total. The maximum atomic E-state index is 13.3. The van der Waals surface area contributed by atoms with E-state index in [4.69, 9.17) is 5.73 Å². The van der Waals surface area contributed by atoms with Gasteiger partial charge in [-0.3, -0.25) is 14.8 Å². The minimum absolute atomic E-state index is 0.116. The van der Waals surface area contributed by atoms with Crippen LogP contribution in [-0.4, -0.2) is 36.4 Å². The molecule has 4 aromatic rings. The number of anilines is 3. The number of carbonyl (C=O) groups is 2. The van der Waals surface area contributed by atoms with E-state index in [0.717, 1.165) is 5.69 Å². The van der Waals surface area contributed by atoms with Crippen LogP contribution < -0.4 is 16.4 Å². The van der Waals surface area contributed by atoms with E-state index in [1.165, 1.54) is 24.9 Å². The fourth-order valence-corrected chi connectivity index (χ4v) is 3.19. The Labute approximate surface area is 177 Å². The molecule has 4 rings (SSSR count). The van der Waals surface area contributed by atoms with Gasteiger partial charge in [-0.2, -0.15) is 5.10 Å². The zero-order valence-electron chi connectivity index (χ0n) is 16.9. The summed E-state index contributed by atoms with van der Waals surface area (Å²) in [7, 11) is 0. The van der Waals surface area contributed by atoms with Crippen molar-refractivity contribution in [2.45, 2.75) is 19.8 Å². The molecule has 0 atom stereocenters. The highest BCUT2D eigenvalue weighted by Gasteiger charge is 2.22. The molecule has 0 radical (unpaired) electrons. The standard InChI is InChI=1S/C21H20N8O2/c1-12(2)17-7-16(18-20(22)25-11-26-29(17)18)19(30)13-6-15(10-24-8-13)28-21(31)27-14-4-3-5-23-9-14/h3-12H,1-2H3,(H2,22,25,26)(H2,27,28,31). The Morgan fingerprint density at radius 3 is 2.58 bits per heavy atom. The van der Waals surface area contributed by atoms with Crippen molar-refractivity contribution in [1.82, 2.24) is 24.6 Å². The third kappa shape index (κ3) is 4.04. The number of aromatic nitrogens is 5. The van der Waals surface area contributed by atoms with E-state index in [1.54, 1.807) is 35.0 Å². The number of nitrogens with zero attached hydrogens (tertiary/aromatic N) is 5. The fourth-order valence-electron chi connectivity index (χ4n) is 3.19. The van der Waals surface area contributed by atoms with Gasteiger partial charge < -0.3 is 16.4 Å². The number of nitrogen functional groups attached to an aromatic ring is 1. The smallest absolute Gasteiger partial charge is 0.323 e. The average molecular weight is 416 g/mol. The lowest BCUT2D eigenvalue weighted by Gasteiger charge is -2.08. The molecular formula is C21H20N8O2. The van der Waals surface area contributed by atoms with Crippen LogP contribution in [0.15, 0.2) is 55.4 Å². The Hall–Kier alpha value is -4.34. The van der Waals surface area contributed by atoms with E-state index in [1.807, 2.05) is 13.8 Å². The Kier molecular flexibility index (Phi) is 5.27. The van der Waals surface area contributed by atoms with Crippen molar-refractivity contribution < 1.29 is 9.59 Å². The van der Waals surface area contributed by atoms with Crippen molar-refractivity contribution >= 4 is 34.5 Å². The molecule has 0 unspecified atom stereocenters. The lowest BCUT2D eigenvalue weighted by atomic mass is 10.0. The highest BCUT2D eigenvalue weighted by molar-refractivity contribution is 6.15. The van der Waals surface area contributed by atoms with Gasteiger partial charge in [-0.15, -0.1) is 0 Å². The number of nitrogens with two attached hydrogens (primary N) is 1. The van der Waals surface area contributed by atoms with Crippen LogP contribution >= 0.6 is 0 Å². The van der Waals surface area contributed by atoms with Gasteiger partial charge in [-0.1, -0.05) is 13.8 Å². The number of fused-ring (bicyclic) bond motifs is 1. The Morgan fingerprint density at radius 1 is 1.06 bits per heavy atom. The van der Waals surface area contributed by atoms with Crippen molar-refractivity contribution in [1.29, 1.82) is 0 Å². The minimum atomic E-state index is -0.478. The van der Waals surface area contributed by atoms with Crippen LogP contribution in [-0.2, 0) is 0 Å². The van der Waals surface area contributed by atoms with E-state index >= 15 is 0 Å². The van der Waals surface area contributed by atoms with Gasteiger partial charge in [0, 0.05) is 23.7 Å². The van der Waals surface area contributed by atoms with Crippen LogP contribution in [0.25, 0.3) is 5.52 Å². The number of hydrogen-bond acceptors (Lipinski definition) is 7. The maximum Gasteiger partial charge on any atom is 0.323 e. The first-order valence-corrected chi connectivity index (χ1v) is 9.54. The van der Waals surface area contributed by atoms with Crippen LogP contribution in [0.1, 0.15) is 41.4 Å². The highest BCUT2D eigenvalue weighted by atomic mass is 16.2. The van der Waals surface area contributed by atoms with Gasteiger partial charge in [-0.05, 0) is 30.2 Å². The molecule has 10 heteroatoms. The Morgan fingerprint density at radius 2 is 1.84 bits per heavy atom. The summed E-state index contributed by atoms with van der Waals surface area (Å²) in [4.78, 5) is 37.6. The van der Waals surface area contributed by atoms with Crippen LogP contribution in [0.5, 0.6) is 0 Å². The second-order valence-electron chi connectivity index (χ2n) is 7.16. The first-order valence-electron chi connectivity index (χ1n) is 9.54. The van der Waals surface area contributed by atoms with Crippen molar-refractivity contribution in [3.05, 3.63) is 72.2 Å². The zero-order valence-corrected chi connectivity index (χ0v) is 16.9. The van der Waals surface area contributed by atoms with Gasteiger partial charge in [-0.25, -0.2) is 14.3 Å². The molecule has 4 aromatic heterocycles. The molecule has 0 spiro atoms. The van der Waals surface area contributed by atoms with E-state index < -0.39 is 6.03 Å². The molecule has 0 aromatic carbocycles. The summed E-state index contributed by atoms with van der Waals surface area (Å²) < 4.78 is 1.64. The highest BCUT2D eigenvalue weighted by Crippen LogP contribution is 2.27. The average Bonchev–Trinajstić information content (AvgIpc) is 3.15. The van der Waals surface area contributed by atoms with Gasteiger partial charge in [0.05, 0.1) is 29.3 Å². The fraction of sp³-hybridized carbons (Fsp3) is 0.143. The molecule has 4 heterocycles. The molecule has 0 aliphatic heterocycles. The summed E-state index contributed by atoms with van der Waals surface area (Å²) in [6.07, 6.45) is 7.37. The topological polar surface area (TPSA) is 140 Å². The Balaban J connectivity index is 1.63. The quantitative estimate of drug-likeness (QED) is 0.425. The molecule has 0 aliphatic rings. The number of carbonyl (C=O) groups excluding carboxylic acids is 2. The number of amides is 2. The number of ketones is 1. The van der Waals surface area contributed by atoms with Crippen molar-refractivity contribution in [2.75, 3.05) is 16.4 Å². The molecule has 0 fully saturated rings. The van der Waals surface area contributed by atoms with Crippen LogP contribution in [0.4, 0.5) is 22.0 Å². The van der Waals surface area contributed by atoms with Crippen molar-refractivity contribution in [2.24, 2.45) is 0 Å². The summed E-state index contributed by atoms with van der Waals surface area (Å²) in [5, 5.41) is 9.56. The second-order valence-corrected chi connectivity index (χ2v) is 7.16. The van der Waals surface area contributed by atoms with E-state index in [-0.39, 0.29) is 17.5 Å². The predicted molar refractivity (Wildman–Crippen MR) is 116 cm³/mol. The van der Waals surface area contributed by atoms with Crippen LogP contribution in [0.2, 0.25) is 0 Å². The third-order valence-corrected chi connectivity index (χ3v) is 4.62. The molecule has 2 amide bonds. The molecule has 10 nitrogen and oxygen atoms in total. The van der Waals surface area contributed by atoms with E-state index in [0.29, 0.717) is 28.0 Å². The van der Waals surface area contributed by atoms with Gasteiger partial charge in [0.1, 0.15) is 11.8 Å². The summed E-state index contributed by atoms with van der Waals surface area (Å²) in [6, 6.07) is 6.26. The molecule has 0 saturated carbocycles. The molecule has 156 valence electrons. The lowest BCUT2D eigenvalue weighted by Crippen LogP contribution is -2.19. The van der Waals surface area contributed by atoms with E-state index in [2.05, 4.69) is 30.7 Å². The van der Waals surface area contributed by atoms with Gasteiger partial charge in [0.25, 0.3) is 0 Å². The first kappa shape index (κ1) is 20.0. The first-order chi connectivity index (χ1) is 14.9. The largest absolute Gasteiger partial charge is 0.382 e. The van der Waals surface area contributed by atoms with Crippen molar-refractivity contribution in [3.8, 4) is 0 Å². The predicted octanol–water partition coefficient (Wildman–Crippen LogP) is 3.10. The summed E-state index contributed by atoms with van der Waals surface area (Å²) >= 11 is 0. The van der Waals surface area contributed by atoms with Crippen LogP contribution in [0.3, 0.4) is 0 Å². The third-order valence-electron chi connectivity index (χ3n) is 4.62. The minimum Gasteiger partial charge on any atom is -0.382 e.